The van der Waals surface area contributed by atoms with Crippen molar-refractivity contribution in [3.05, 3.63) is 71.8 Å². The van der Waals surface area contributed by atoms with Gasteiger partial charge in [0, 0.05) is 11.1 Å². The third kappa shape index (κ3) is 2.70. The smallest absolute Gasteiger partial charge is 0.196 e. The standard InChI is InChI=1S/C19H17N3S/c1-14-13-18-20-21-19(22(18)17-10-6-5-9-16(14)17)23-12-11-15-7-3-2-4-8-15/h2-10,13H,11-12H2,1H3. The number of aryl methyl sites for hydroxylation is 2. The highest BCUT2D eigenvalue weighted by atomic mass is 32.2. The van der Waals surface area contributed by atoms with Gasteiger partial charge in [0.1, 0.15) is 0 Å². The normalized spacial score (nSPS) is 11.3. The maximum Gasteiger partial charge on any atom is 0.196 e. The Morgan fingerprint density at radius 3 is 2.61 bits per heavy atom. The first-order valence-corrected chi connectivity index (χ1v) is 8.72. The molecule has 23 heavy (non-hydrogen) atoms. The van der Waals surface area contributed by atoms with Gasteiger partial charge in [0.25, 0.3) is 0 Å². The van der Waals surface area contributed by atoms with Gasteiger partial charge in [-0.05, 0) is 36.6 Å². The Morgan fingerprint density at radius 1 is 0.957 bits per heavy atom. The summed E-state index contributed by atoms with van der Waals surface area (Å²) >= 11 is 1.76. The molecular formula is C19H17N3S. The molecule has 0 aliphatic carbocycles. The quantitative estimate of drug-likeness (QED) is 0.518. The van der Waals surface area contributed by atoms with E-state index in [0.29, 0.717) is 0 Å². The number of thioether (sulfide) groups is 1. The summed E-state index contributed by atoms with van der Waals surface area (Å²) in [5, 5.41) is 11.0. The lowest BCUT2D eigenvalue weighted by Crippen LogP contribution is -1.94. The highest BCUT2D eigenvalue weighted by Crippen LogP contribution is 2.26. The summed E-state index contributed by atoms with van der Waals surface area (Å²) in [6.45, 7) is 2.12. The number of benzene rings is 2. The Labute approximate surface area is 139 Å². The topological polar surface area (TPSA) is 30.2 Å². The average Bonchev–Trinajstić information content (AvgIpc) is 2.99. The van der Waals surface area contributed by atoms with Crippen LogP contribution >= 0.6 is 11.8 Å². The number of para-hydroxylation sites is 1. The molecule has 114 valence electrons. The van der Waals surface area contributed by atoms with E-state index in [1.54, 1.807) is 11.8 Å². The molecule has 0 aliphatic rings. The predicted molar refractivity (Wildman–Crippen MR) is 96.1 cm³/mol. The van der Waals surface area contributed by atoms with Gasteiger partial charge in [-0.2, -0.15) is 0 Å². The molecule has 0 spiro atoms. The molecule has 0 N–H and O–H groups in total. The van der Waals surface area contributed by atoms with Gasteiger partial charge in [-0.1, -0.05) is 60.3 Å². The first-order valence-electron chi connectivity index (χ1n) is 7.73. The molecule has 0 radical (unpaired) electrons. The fraction of sp³-hybridized carbons (Fsp3) is 0.158. The average molecular weight is 319 g/mol. The van der Waals surface area contributed by atoms with Gasteiger partial charge in [-0.15, -0.1) is 10.2 Å². The monoisotopic (exact) mass is 319 g/mol. The van der Waals surface area contributed by atoms with Crippen LogP contribution in [0.3, 0.4) is 0 Å². The molecule has 0 fully saturated rings. The SMILES string of the molecule is Cc1cc2nnc(SCCc3ccccc3)n2c2ccccc12. The lowest BCUT2D eigenvalue weighted by atomic mass is 10.1. The molecule has 0 unspecified atom stereocenters. The molecule has 2 aromatic heterocycles. The van der Waals surface area contributed by atoms with Crippen molar-refractivity contribution in [2.75, 3.05) is 5.75 Å². The summed E-state index contributed by atoms with van der Waals surface area (Å²) in [6, 6.07) is 21.1. The molecular weight excluding hydrogens is 302 g/mol. The molecule has 0 aliphatic heterocycles. The van der Waals surface area contributed by atoms with E-state index in [1.807, 2.05) is 0 Å². The van der Waals surface area contributed by atoms with Gasteiger partial charge in [0.15, 0.2) is 10.8 Å². The fourth-order valence-electron chi connectivity index (χ4n) is 2.87. The molecule has 4 aromatic rings. The zero-order valence-corrected chi connectivity index (χ0v) is 13.8. The van der Waals surface area contributed by atoms with Crippen LogP contribution in [0.15, 0.2) is 65.8 Å². The van der Waals surface area contributed by atoms with Crippen LogP contribution in [0.5, 0.6) is 0 Å². The summed E-state index contributed by atoms with van der Waals surface area (Å²) < 4.78 is 2.16. The van der Waals surface area contributed by atoms with Gasteiger partial charge in [0.05, 0.1) is 5.52 Å². The van der Waals surface area contributed by atoms with Crippen LogP contribution in [-0.4, -0.2) is 20.4 Å². The second-order valence-corrected chi connectivity index (χ2v) is 6.67. The van der Waals surface area contributed by atoms with E-state index in [4.69, 9.17) is 0 Å². The highest BCUT2D eigenvalue weighted by Gasteiger charge is 2.11. The maximum atomic E-state index is 4.39. The Morgan fingerprint density at radius 2 is 1.74 bits per heavy atom. The number of hydrogen-bond acceptors (Lipinski definition) is 3. The van der Waals surface area contributed by atoms with E-state index >= 15 is 0 Å². The third-order valence-corrected chi connectivity index (χ3v) is 4.97. The third-order valence-electron chi connectivity index (χ3n) is 4.04. The molecule has 4 rings (SSSR count). The van der Waals surface area contributed by atoms with E-state index < -0.39 is 0 Å². The van der Waals surface area contributed by atoms with E-state index in [0.717, 1.165) is 23.0 Å². The first-order chi connectivity index (χ1) is 11.3. The zero-order valence-electron chi connectivity index (χ0n) is 12.9. The molecule has 3 nitrogen and oxygen atoms in total. The summed E-state index contributed by atoms with van der Waals surface area (Å²) in [6.07, 6.45) is 1.03. The fourth-order valence-corrected chi connectivity index (χ4v) is 3.81. The molecule has 0 bridgehead atoms. The van der Waals surface area contributed by atoms with Crippen LogP contribution < -0.4 is 0 Å². The minimum Gasteiger partial charge on any atom is -0.270 e. The van der Waals surface area contributed by atoms with Crippen molar-refractivity contribution in [2.45, 2.75) is 18.5 Å². The Kier molecular flexibility index (Phi) is 3.75. The predicted octanol–water partition coefficient (Wildman–Crippen LogP) is 4.53. The van der Waals surface area contributed by atoms with E-state index in [9.17, 15) is 0 Å². The van der Waals surface area contributed by atoms with E-state index in [2.05, 4.69) is 82.2 Å². The van der Waals surface area contributed by atoms with Crippen LogP contribution in [-0.2, 0) is 6.42 Å². The second-order valence-electron chi connectivity index (χ2n) is 5.60. The summed E-state index contributed by atoms with van der Waals surface area (Å²) in [7, 11) is 0. The molecule has 4 heteroatoms. The number of aromatic nitrogens is 3. The molecule has 0 amide bonds. The van der Waals surface area contributed by atoms with Gasteiger partial charge < -0.3 is 0 Å². The second kappa shape index (κ2) is 6.05. The van der Waals surface area contributed by atoms with Crippen LogP contribution in [0, 0.1) is 6.92 Å². The summed E-state index contributed by atoms with van der Waals surface area (Å²) in [5.41, 5.74) is 4.69. The minimum atomic E-state index is 0.920. The van der Waals surface area contributed by atoms with Crippen LogP contribution in [0.2, 0.25) is 0 Å². The summed E-state index contributed by atoms with van der Waals surface area (Å²) in [5.74, 6) is 0.993. The number of nitrogens with zero attached hydrogens (tertiary/aromatic N) is 3. The number of fused-ring (bicyclic) bond motifs is 3. The van der Waals surface area contributed by atoms with Crippen molar-refractivity contribution in [1.29, 1.82) is 0 Å². The molecule has 0 saturated heterocycles. The van der Waals surface area contributed by atoms with E-state index in [1.165, 1.54) is 22.0 Å². The molecule has 2 aromatic carbocycles. The number of hydrogen-bond donors (Lipinski definition) is 0. The van der Waals surface area contributed by atoms with Crippen LogP contribution in [0.4, 0.5) is 0 Å². The largest absolute Gasteiger partial charge is 0.270 e. The minimum absolute atomic E-state index is 0.920. The van der Waals surface area contributed by atoms with Crippen molar-refractivity contribution in [1.82, 2.24) is 14.6 Å². The molecule has 2 heterocycles. The van der Waals surface area contributed by atoms with Gasteiger partial charge in [0.2, 0.25) is 0 Å². The van der Waals surface area contributed by atoms with Crippen LogP contribution in [0.1, 0.15) is 11.1 Å². The van der Waals surface area contributed by atoms with Crippen molar-refractivity contribution >= 4 is 28.3 Å². The van der Waals surface area contributed by atoms with Gasteiger partial charge in [-0.25, -0.2) is 0 Å². The van der Waals surface area contributed by atoms with Crippen molar-refractivity contribution in [2.24, 2.45) is 0 Å². The van der Waals surface area contributed by atoms with Crippen molar-refractivity contribution < 1.29 is 0 Å². The highest BCUT2D eigenvalue weighted by molar-refractivity contribution is 7.99. The van der Waals surface area contributed by atoms with Crippen LogP contribution in [0.25, 0.3) is 16.6 Å². The Bertz CT molecular complexity index is 960. The lowest BCUT2D eigenvalue weighted by Gasteiger charge is -2.07. The zero-order chi connectivity index (χ0) is 15.6. The number of rotatable bonds is 4. The van der Waals surface area contributed by atoms with E-state index in [-0.39, 0.29) is 0 Å². The first kappa shape index (κ1) is 14.3. The maximum absolute atomic E-state index is 4.39. The van der Waals surface area contributed by atoms with Gasteiger partial charge in [-0.3, -0.25) is 4.40 Å². The van der Waals surface area contributed by atoms with Gasteiger partial charge >= 0.3 is 0 Å². The van der Waals surface area contributed by atoms with Crippen molar-refractivity contribution in [3.63, 3.8) is 0 Å². The van der Waals surface area contributed by atoms with Crippen molar-refractivity contribution in [3.8, 4) is 0 Å². The molecule has 0 atom stereocenters. The number of pyridine rings is 1. The Balaban J connectivity index is 1.67. The molecule has 0 saturated carbocycles. The Hall–Kier alpha value is -2.33. The summed E-state index contributed by atoms with van der Waals surface area (Å²) in [4.78, 5) is 0. The lowest BCUT2D eigenvalue weighted by molar-refractivity contribution is 0.937.